The van der Waals surface area contributed by atoms with Crippen LogP contribution in [0, 0.1) is 0 Å². The van der Waals surface area contributed by atoms with E-state index in [4.69, 9.17) is 0 Å². The van der Waals surface area contributed by atoms with Crippen molar-refractivity contribution in [1.29, 1.82) is 0 Å². The molecule has 0 aliphatic heterocycles. The molecule has 0 bridgehead atoms. The minimum atomic E-state index is 0.0204. The van der Waals surface area contributed by atoms with Crippen LogP contribution in [0.15, 0.2) is 34.2 Å². The topological polar surface area (TPSA) is 52.2 Å². The fourth-order valence-electron chi connectivity index (χ4n) is 2.47. The lowest BCUT2D eigenvalue weighted by Crippen LogP contribution is -2.23. The third kappa shape index (κ3) is 2.33. The number of para-hydroxylation sites is 1. The van der Waals surface area contributed by atoms with E-state index in [0.29, 0.717) is 12.3 Å². The number of aryl methyl sites for hydroxylation is 1. The molecule has 0 N–H and O–H groups in total. The Kier molecular flexibility index (Phi) is 3.96. The Balaban J connectivity index is 2.39. The molecule has 0 unspecified atom stereocenters. The molecule has 0 amide bonds. The Labute approximate surface area is 127 Å². The zero-order valence-corrected chi connectivity index (χ0v) is 13.1. The molecule has 0 atom stereocenters. The van der Waals surface area contributed by atoms with Crippen molar-refractivity contribution in [2.24, 2.45) is 0 Å². The highest BCUT2D eigenvalue weighted by atomic mass is 32.2. The molecule has 2 heterocycles. The Morgan fingerprint density at radius 3 is 2.76 bits per heavy atom. The van der Waals surface area contributed by atoms with Crippen molar-refractivity contribution < 1.29 is 0 Å². The maximum Gasteiger partial charge on any atom is 0.262 e. The molecule has 5 nitrogen and oxygen atoms in total. The van der Waals surface area contributed by atoms with Crippen molar-refractivity contribution in [1.82, 2.24) is 19.2 Å². The predicted molar refractivity (Wildman–Crippen MR) is 86.1 cm³/mol. The van der Waals surface area contributed by atoms with Gasteiger partial charge in [0.25, 0.3) is 5.56 Å². The average molecular weight is 302 g/mol. The van der Waals surface area contributed by atoms with Crippen molar-refractivity contribution in [3.05, 3.63) is 34.6 Å². The second kappa shape index (κ2) is 5.89. The first kappa shape index (κ1) is 14.1. The summed E-state index contributed by atoms with van der Waals surface area (Å²) in [5, 5.41) is 10.1. The van der Waals surface area contributed by atoms with Crippen LogP contribution in [-0.2, 0) is 6.54 Å². The molecule has 3 rings (SSSR count). The van der Waals surface area contributed by atoms with Gasteiger partial charge in [-0.05, 0) is 24.3 Å². The van der Waals surface area contributed by atoms with Gasteiger partial charge in [0.1, 0.15) is 0 Å². The molecule has 0 aliphatic carbocycles. The third-order valence-corrected chi connectivity index (χ3v) is 4.30. The van der Waals surface area contributed by atoms with Gasteiger partial charge in [0.05, 0.1) is 10.9 Å². The number of thioether (sulfide) groups is 1. The smallest absolute Gasteiger partial charge is 0.262 e. The predicted octanol–water partition coefficient (Wildman–Crippen LogP) is 2.96. The molecule has 0 saturated heterocycles. The average Bonchev–Trinajstić information content (AvgIpc) is 2.92. The summed E-state index contributed by atoms with van der Waals surface area (Å²) in [6.07, 6.45) is 1.99. The van der Waals surface area contributed by atoms with Gasteiger partial charge in [-0.2, -0.15) is 0 Å². The summed E-state index contributed by atoms with van der Waals surface area (Å²) in [4.78, 5) is 12.7. The molecular weight excluding hydrogens is 284 g/mol. The Morgan fingerprint density at radius 1 is 1.19 bits per heavy atom. The zero-order chi connectivity index (χ0) is 14.8. The number of unbranched alkanes of at least 4 members (excludes halogenated alkanes) is 1. The molecule has 0 radical (unpaired) electrons. The zero-order valence-electron chi connectivity index (χ0n) is 12.2. The molecule has 21 heavy (non-hydrogen) atoms. The second-order valence-electron chi connectivity index (χ2n) is 4.88. The molecule has 3 aromatic rings. The number of rotatable bonds is 5. The fourth-order valence-corrected chi connectivity index (χ4v) is 3.14. The fraction of sp³-hybridized carbons (Fsp3) is 0.400. The van der Waals surface area contributed by atoms with Gasteiger partial charge >= 0.3 is 0 Å². The molecule has 2 aromatic heterocycles. The number of hydrogen-bond acceptors (Lipinski definition) is 4. The van der Waals surface area contributed by atoms with Crippen LogP contribution < -0.4 is 5.56 Å². The van der Waals surface area contributed by atoms with Gasteiger partial charge < -0.3 is 0 Å². The van der Waals surface area contributed by atoms with E-state index in [2.05, 4.69) is 24.0 Å². The van der Waals surface area contributed by atoms with E-state index in [1.54, 1.807) is 16.3 Å². The molecule has 0 aliphatic rings. The van der Waals surface area contributed by atoms with Crippen molar-refractivity contribution in [2.45, 2.75) is 38.4 Å². The van der Waals surface area contributed by atoms with Crippen LogP contribution in [-0.4, -0.2) is 24.9 Å². The number of nitrogens with zero attached hydrogens (tertiary/aromatic N) is 4. The largest absolute Gasteiger partial charge is 0.276 e. The summed E-state index contributed by atoms with van der Waals surface area (Å²) in [6.45, 7) is 4.88. The van der Waals surface area contributed by atoms with E-state index in [1.807, 2.05) is 28.7 Å². The first-order chi connectivity index (χ1) is 10.3. The van der Waals surface area contributed by atoms with Crippen molar-refractivity contribution >= 4 is 28.4 Å². The highest BCUT2D eigenvalue weighted by molar-refractivity contribution is 7.99. The van der Waals surface area contributed by atoms with E-state index < -0.39 is 0 Å². The summed E-state index contributed by atoms with van der Waals surface area (Å²) in [5.74, 6) is 1.56. The van der Waals surface area contributed by atoms with Crippen molar-refractivity contribution in [2.75, 3.05) is 5.75 Å². The number of hydrogen-bond donors (Lipinski definition) is 0. The van der Waals surface area contributed by atoms with Crippen LogP contribution in [0.2, 0.25) is 0 Å². The van der Waals surface area contributed by atoms with Gasteiger partial charge in [-0.1, -0.05) is 44.2 Å². The minimum absolute atomic E-state index is 0.0204. The SMILES string of the molecule is CCCCn1c(=O)c2ccccc2n2c(SCC)nnc12. The summed E-state index contributed by atoms with van der Waals surface area (Å²) in [6, 6.07) is 7.67. The number of aromatic nitrogens is 4. The molecule has 1 aromatic carbocycles. The first-order valence-electron chi connectivity index (χ1n) is 7.27. The van der Waals surface area contributed by atoms with Crippen LogP contribution in [0.3, 0.4) is 0 Å². The van der Waals surface area contributed by atoms with Crippen LogP contribution in [0.4, 0.5) is 0 Å². The summed E-state index contributed by atoms with van der Waals surface area (Å²) in [5.41, 5.74) is 0.901. The van der Waals surface area contributed by atoms with E-state index >= 15 is 0 Å². The van der Waals surface area contributed by atoms with E-state index in [1.165, 1.54) is 0 Å². The second-order valence-corrected chi connectivity index (χ2v) is 6.11. The first-order valence-corrected chi connectivity index (χ1v) is 8.26. The maximum absolute atomic E-state index is 12.7. The highest BCUT2D eigenvalue weighted by Gasteiger charge is 2.15. The normalized spacial score (nSPS) is 11.5. The molecule has 6 heteroatoms. The maximum atomic E-state index is 12.7. The lowest BCUT2D eigenvalue weighted by atomic mass is 10.2. The summed E-state index contributed by atoms with van der Waals surface area (Å²) >= 11 is 1.64. The minimum Gasteiger partial charge on any atom is -0.276 e. The van der Waals surface area contributed by atoms with E-state index in [-0.39, 0.29) is 5.56 Å². The van der Waals surface area contributed by atoms with E-state index in [9.17, 15) is 4.79 Å². The summed E-state index contributed by atoms with van der Waals surface area (Å²) < 4.78 is 3.75. The highest BCUT2D eigenvalue weighted by Crippen LogP contribution is 2.21. The summed E-state index contributed by atoms with van der Waals surface area (Å²) in [7, 11) is 0. The van der Waals surface area contributed by atoms with Gasteiger partial charge in [0.2, 0.25) is 5.78 Å². The van der Waals surface area contributed by atoms with Gasteiger partial charge in [-0.25, -0.2) is 0 Å². The molecule has 110 valence electrons. The Bertz CT molecular complexity index is 837. The quantitative estimate of drug-likeness (QED) is 0.680. The van der Waals surface area contributed by atoms with E-state index in [0.717, 1.165) is 34.7 Å². The number of fused-ring (bicyclic) bond motifs is 3. The molecular formula is C15H18N4OS. The van der Waals surface area contributed by atoms with Crippen molar-refractivity contribution in [3.8, 4) is 0 Å². The monoisotopic (exact) mass is 302 g/mol. The Hall–Kier alpha value is -1.82. The van der Waals surface area contributed by atoms with Gasteiger partial charge in [0.15, 0.2) is 5.16 Å². The van der Waals surface area contributed by atoms with Gasteiger partial charge in [-0.3, -0.25) is 13.8 Å². The third-order valence-electron chi connectivity index (χ3n) is 3.49. The van der Waals surface area contributed by atoms with Crippen LogP contribution in [0.1, 0.15) is 26.7 Å². The molecule has 0 fully saturated rings. The van der Waals surface area contributed by atoms with Crippen LogP contribution in [0.25, 0.3) is 16.7 Å². The van der Waals surface area contributed by atoms with Crippen molar-refractivity contribution in [3.63, 3.8) is 0 Å². The Morgan fingerprint density at radius 2 is 2.00 bits per heavy atom. The standard InChI is InChI=1S/C15H18N4OS/c1-3-5-10-18-13(20)11-8-6-7-9-12(11)19-14(18)16-17-15(19)21-4-2/h6-9H,3-5,10H2,1-2H3. The lowest BCUT2D eigenvalue weighted by molar-refractivity contribution is 0.620. The van der Waals surface area contributed by atoms with Gasteiger partial charge in [0, 0.05) is 6.54 Å². The molecule has 0 spiro atoms. The number of benzene rings is 1. The molecule has 0 saturated carbocycles. The van der Waals surface area contributed by atoms with Crippen LogP contribution in [0.5, 0.6) is 0 Å². The van der Waals surface area contributed by atoms with Crippen LogP contribution >= 0.6 is 11.8 Å². The lowest BCUT2D eigenvalue weighted by Gasteiger charge is -2.10. The van der Waals surface area contributed by atoms with Gasteiger partial charge in [-0.15, -0.1) is 10.2 Å².